The SMILES string of the molecule is CCOc1cc(S)c2nc(Cc3ccccc3)sc2c1. The van der Waals surface area contributed by atoms with Gasteiger partial charge in [-0.3, -0.25) is 0 Å². The molecule has 3 rings (SSSR count). The van der Waals surface area contributed by atoms with E-state index in [0.717, 1.165) is 32.3 Å². The molecule has 0 saturated carbocycles. The highest BCUT2D eigenvalue weighted by atomic mass is 32.1. The van der Waals surface area contributed by atoms with Gasteiger partial charge < -0.3 is 4.74 Å². The summed E-state index contributed by atoms with van der Waals surface area (Å²) in [5, 5.41) is 1.11. The molecule has 1 heterocycles. The lowest BCUT2D eigenvalue weighted by Gasteiger charge is -2.03. The molecule has 2 nitrogen and oxygen atoms in total. The Kier molecular flexibility index (Phi) is 3.94. The monoisotopic (exact) mass is 301 g/mol. The van der Waals surface area contributed by atoms with Crippen LogP contribution in [0.5, 0.6) is 5.75 Å². The van der Waals surface area contributed by atoms with E-state index in [0.29, 0.717) is 6.61 Å². The van der Waals surface area contributed by atoms with E-state index in [1.807, 2.05) is 25.1 Å². The lowest BCUT2D eigenvalue weighted by molar-refractivity contribution is 0.340. The molecule has 0 unspecified atom stereocenters. The summed E-state index contributed by atoms with van der Waals surface area (Å²) < 4.78 is 6.68. The Balaban J connectivity index is 1.96. The fourth-order valence-corrected chi connectivity index (χ4v) is 3.56. The van der Waals surface area contributed by atoms with Gasteiger partial charge in [0.15, 0.2) is 0 Å². The molecule has 3 aromatic rings. The van der Waals surface area contributed by atoms with Gasteiger partial charge in [-0.2, -0.15) is 0 Å². The maximum absolute atomic E-state index is 5.55. The van der Waals surface area contributed by atoms with Gasteiger partial charge in [0, 0.05) is 11.3 Å². The van der Waals surface area contributed by atoms with Crippen molar-refractivity contribution in [2.75, 3.05) is 6.61 Å². The first-order valence-electron chi connectivity index (χ1n) is 6.55. The molecule has 2 aromatic carbocycles. The minimum atomic E-state index is 0.661. The van der Waals surface area contributed by atoms with Crippen LogP contribution in [0.1, 0.15) is 17.5 Å². The second-order valence-corrected chi connectivity index (χ2v) is 6.09. The summed E-state index contributed by atoms with van der Waals surface area (Å²) in [6, 6.07) is 14.4. The zero-order valence-corrected chi connectivity index (χ0v) is 12.9. The van der Waals surface area contributed by atoms with Crippen LogP contribution in [-0.2, 0) is 6.42 Å². The summed E-state index contributed by atoms with van der Waals surface area (Å²) in [5.74, 6) is 0.861. The molecular formula is C16H15NOS2. The molecule has 0 aliphatic carbocycles. The van der Waals surface area contributed by atoms with Crippen molar-refractivity contribution in [2.24, 2.45) is 0 Å². The third kappa shape index (κ3) is 2.81. The van der Waals surface area contributed by atoms with Crippen LogP contribution in [0.25, 0.3) is 10.2 Å². The molecule has 20 heavy (non-hydrogen) atoms. The van der Waals surface area contributed by atoms with Crippen molar-refractivity contribution in [1.29, 1.82) is 0 Å². The Bertz CT molecular complexity index is 722. The van der Waals surface area contributed by atoms with Gasteiger partial charge in [0.25, 0.3) is 0 Å². The van der Waals surface area contributed by atoms with Crippen molar-refractivity contribution in [2.45, 2.75) is 18.2 Å². The quantitative estimate of drug-likeness (QED) is 0.713. The number of nitrogens with zero attached hydrogens (tertiary/aromatic N) is 1. The van der Waals surface area contributed by atoms with Gasteiger partial charge in [-0.1, -0.05) is 30.3 Å². The summed E-state index contributed by atoms with van der Waals surface area (Å²) in [7, 11) is 0. The molecule has 0 aliphatic rings. The number of ether oxygens (including phenoxy) is 1. The fourth-order valence-electron chi connectivity index (χ4n) is 2.13. The van der Waals surface area contributed by atoms with Crippen molar-refractivity contribution in [1.82, 2.24) is 4.98 Å². The normalized spacial score (nSPS) is 10.9. The number of thiazole rings is 1. The molecule has 0 atom stereocenters. The average molecular weight is 301 g/mol. The molecule has 0 saturated heterocycles. The van der Waals surface area contributed by atoms with Crippen LogP contribution >= 0.6 is 24.0 Å². The van der Waals surface area contributed by atoms with Gasteiger partial charge in [-0.15, -0.1) is 24.0 Å². The first kappa shape index (κ1) is 13.5. The molecule has 0 spiro atoms. The number of hydrogen-bond acceptors (Lipinski definition) is 4. The van der Waals surface area contributed by atoms with Crippen molar-refractivity contribution < 1.29 is 4.74 Å². The Morgan fingerprint density at radius 1 is 1.20 bits per heavy atom. The van der Waals surface area contributed by atoms with Crippen LogP contribution in [0.2, 0.25) is 0 Å². The first-order chi connectivity index (χ1) is 9.76. The van der Waals surface area contributed by atoms with Crippen molar-refractivity contribution in [3.8, 4) is 5.75 Å². The molecule has 1 aromatic heterocycles. The second-order valence-electron chi connectivity index (χ2n) is 4.49. The smallest absolute Gasteiger partial charge is 0.121 e. The Hall–Kier alpha value is -1.52. The third-order valence-corrected chi connectivity index (χ3v) is 4.35. The predicted molar refractivity (Wildman–Crippen MR) is 87.3 cm³/mol. The van der Waals surface area contributed by atoms with Crippen LogP contribution < -0.4 is 4.74 Å². The summed E-state index contributed by atoms with van der Waals surface area (Å²) in [6.07, 6.45) is 0.859. The van der Waals surface area contributed by atoms with Crippen LogP contribution in [0, 0.1) is 0 Å². The highest BCUT2D eigenvalue weighted by Crippen LogP contribution is 2.32. The second kappa shape index (κ2) is 5.85. The Morgan fingerprint density at radius 3 is 2.75 bits per heavy atom. The van der Waals surface area contributed by atoms with Crippen LogP contribution in [-0.4, -0.2) is 11.6 Å². The summed E-state index contributed by atoms with van der Waals surface area (Å²) in [6.45, 7) is 2.64. The van der Waals surface area contributed by atoms with Crippen LogP contribution in [0.4, 0.5) is 0 Å². The van der Waals surface area contributed by atoms with Crippen LogP contribution in [0.3, 0.4) is 0 Å². The number of hydrogen-bond donors (Lipinski definition) is 1. The fraction of sp³-hybridized carbons (Fsp3) is 0.188. The highest BCUT2D eigenvalue weighted by Gasteiger charge is 2.09. The van der Waals surface area contributed by atoms with E-state index >= 15 is 0 Å². The number of benzene rings is 2. The van der Waals surface area contributed by atoms with Crippen molar-refractivity contribution in [3.05, 3.63) is 53.0 Å². The topological polar surface area (TPSA) is 22.1 Å². The van der Waals surface area contributed by atoms with E-state index in [4.69, 9.17) is 9.72 Å². The molecule has 4 heteroatoms. The summed E-state index contributed by atoms with van der Waals surface area (Å²) in [5.41, 5.74) is 2.24. The predicted octanol–water partition coefficient (Wildman–Crippen LogP) is 4.57. The number of aromatic nitrogens is 1. The Morgan fingerprint density at radius 2 is 2.00 bits per heavy atom. The van der Waals surface area contributed by atoms with Crippen molar-refractivity contribution in [3.63, 3.8) is 0 Å². The van der Waals surface area contributed by atoms with Gasteiger partial charge in [0.05, 0.1) is 21.8 Å². The summed E-state index contributed by atoms with van der Waals surface area (Å²) in [4.78, 5) is 5.57. The minimum absolute atomic E-state index is 0.661. The largest absolute Gasteiger partial charge is 0.494 e. The van der Waals surface area contributed by atoms with E-state index in [9.17, 15) is 0 Å². The average Bonchev–Trinajstić information content (AvgIpc) is 2.83. The van der Waals surface area contributed by atoms with Gasteiger partial charge >= 0.3 is 0 Å². The van der Waals surface area contributed by atoms with Gasteiger partial charge in [0.1, 0.15) is 5.75 Å². The third-order valence-electron chi connectivity index (χ3n) is 3.00. The molecule has 0 amide bonds. The minimum Gasteiger partial charge on any atom is -0.494 e. The highest BCUT2D eigenvalue weighted by molar-refractivity contribution is 7.80. The van der Waals surface area contributed by atoms with E-state index in [2.05, 4.69) is 36.9 Å². The van der Waals surface area contributed by atoms with E-state index in [1.54, 1.807) is 11.3 Å². The molecule has 0 N–H and O–H groups in total. The number of fused-ring (bicyclic) bond motifs is 1. The maximum Gasteiger partial charge on any atom is 0.121 e. The van der Waals surface area contributed by atoms with E-state index in [1.165, 1.54) is 5.56 Å². The number of thiol groups is 1. The van der Waals surface area contributed by atoms with Crippen molar-refractivity contribution >= 4 is 34.2 Å². The maximum atomic E-state index is 5.55. The van der Waals surface area contributed by atoms with E-state index < -0.39 is 0 Å². The van der Waals surface area contributed by atoms with E-state index in [-0.39, 0.29) is 0 Å². The summed E-state index contributed by atoms with van der Waals surface area (Å²) >= 11 is 6.22. The first-order valence-corrected chi connectivity index (χ1v) is 7.82. The van der Waals surface area contributed by atoms with Gasteiger partial charge in [0.2, 0.25) is 0 Å². The lowest BCUT2D eigenvalue weighted by atomic mass is 10.2. The van der Waals surface area contributed by atoms with Gasteiger partial charge in [-0.25, -0.2) is 4.98 Å². The zero-order chi connectivity index (χ0) is 13.9. The zero-order valence-electron chi connectivity index (χ0n) is 11.2. The molecule has 102 valence electrons. The van der Waals surface area contributed by atoms with Gasteiger partial charge in [-0.05, 0) is 24.6 Å². The lowest BCUT2D eigenvalue weighted by Crippen LogP contribution is -1.91. The number of rotatable bonds is 4. The van der Waals surface area contributed by atoms with Crippen LogP contribution in [0.15, 0.2) is 47.4 Å². The molecule has 0 aliphatic heterocycles. The molecular weight excluding hydrogens is 286 g/mol. The molecule has 0 fully saturated rings. The Labute approximate surface area is 127 Å². The standard InChI is InChI=1S/C16H15NOS2/c1-2-18-12-9-13(19)16-14(10-12)20-15(17-16)8-11-6-4-3-5-7-11/h3-7,9-10,19H,2,8H2,1H3. The molecule has 0 bridgehead atoms. The molecule has 0 radical (unpaired) electrons.